The molecule has 2 aromatic rings. The summed E-state index contributed by atoms with van der Waals surface area (Å²) in [5.74, 6) is 0.600. The number of furan rings is 1. The summed E-state index contributed by atoms with van der Waals surface area (Å²) in [7, 11) is 0. The highest BCUT2D eigenvalue weighted by atomic mass is 19.1. The molecular weight excluding hydrogens is 217 g/mol. The Labute approximate surface area is 99.8 Å². The highest BCUT2D eigenvalue weighted by Gasteiger charge is 2.12. The third-order valence-corrected chi connectivity index (χ3v) is 2.47. The van der Waals surface area contributed by atoms with Crippen LogP contribution in [-0.2, 0) is 0 Å². The fourth-order valence-corrected chi connectivity index (χ4v) is 1.65. The van der Waals surface area contributed by atoms with Crippen LogP contribution in [0.1, 0.15) is 18.2 Å². The Kier molecular flexibility index (Phi) is 3.60. The van der Waals surface area contributed by atoms with Gasteiger partial charge < -0.3 is 9.73 Å². The van der Waals surface area contributed by atoms with E-state index >= 15 is 0 Å². The summed E-state index contributed by atoms with van der Waals surface area (Å²) in [5.41, 5.74) is 0.856. The van der Waals surface area contributed by atoms with E-state index in [2.05, 4.69) is 11.9 Å². The van der Waals surface area contributed by atoms with E-state index in [1.54, 1.807) is 18.4 Å². The number of nitrogens with one attached hydrogen (secondary N) is 1. The molecule has 2 rings (SSSR count). The van der Waals surface area contributed by atoms with Crippen molar-refractivity contribution in [2.75, 3.05) is 5.32 Å². The summed E-state index contributed by atoms with van der Waals surface area (Å²) < 4.78 is 18.1. The topological polar surface area (TPSA) is 25.2 Å². The lowest BCUT2D eigenvalue weighted by Gasteiger charge is -2.16. The fraction of sp³-hybridized carbons (Fsp3) is 0.143. The Hall–Kier alpha value is -2.03. The molecule has 1 heterocycles. The SMILES string of the molecule is C=CC[C@@H](Nc1ccc(F)cc1)c1ccco1. The number of halogens is 1. The second-order valence-electron chi connectivity index (χ2n) is 3.74. The van der Waals surface area contributed by atoms with Gasteiger partial charge in [0, 0.05) is 5.69 Å². The van der Waals surface area contributed by atoms with Crippen molar-refractivity contribution in [2.45, 2.75) is 12.5 Å². The third kappa shape index (κ3) is 2.97. The second-order valence-corrected chi connectivity index (χ2v) is 3.74. The molecule has 0 radical (unpaired) electrons. The minimum absolute atomic E-state index is 0.0213. The number of benzene rings is 1. The molecule has 1 N–H and O–H groups in total. The molecule has 0 bridgehead atoms. The smallest absolute Gasteiger partial charge is 0.126 e. The van der Waals surface area contributed by atoms with Gasteiger partial charge in [-0.25, -0.2) is 4.39 Å². The van der Waals surface area contributed by atoms with E-state index in [0.29, 0.717) is 0 Å². The summed E-state index contributed by atoms with van der Waals surface area (Å²) in [6.45, 7) is 3.72. The highest BCUT2D eigenvalue weighted by Crippen LogP contribution is 2.23. The van der Waals surface area contributed by atoms with Crippen molar-refractivity contribution in [3.63, 3.8) is 0 Å². The lowest BCUT2D eigenvalue weighted by molar-refractivity contribution is 0.480. The van der Waals surface area contributed by atoms with Gasteiger partial charge in [0.25, 0.3) is 0 Å². The van der Waals surface area contributed by atoms with Gasteiger partial charge in [-0.05, 0) is 42.8 Å². The molecule has 0 saturated carbocycles. The Bertz CT molecular complexity index is 461. The van der Waals surface area contributed by atoms with Gasteiger partial charge in [0.2, 0.25) is 0 Å². The number of hydrogen-bond acceptors (Lipinski definition) is 2. The average Bonchev–Trinajstić information content (AvgIpc) is 2.85. The van der Waals surface area contributed by atoms with E-state index in [-0.39, 0.29) is 11.9 Å². The molecule has 1 atom stereocenters. The molecule has 2 nitrogen and oxygen atoms in total. The van der Waals surface area contributed by atoms with Gasteiger partial charge in [0.05, 0.1) is 12.3 Å². The lowest BCUT2D eigenvalue weighted by atomic mass is 10.1. The van der Waals surface area contributed by atoms with Crippen molar-refractivity contribution in [3.05, 3.63) is 66.9 Å². The predicted octanol–water partition coefficient (Wildman–Crippen LogP) is 4.15. The van der Waals surface area contributed by atoms with Crippen molar-refractivity contribution in [3.8, 4) is 0 Å². The zero-order chi connectivity index (χ0) is 12.1. The molecule has 0 spiro atoms. The van der Waals surface area contributed by atoms with E-state index in [1.165, 1.54) is 12.1 Å². The van der Waals surface area contributed by atoms with Crippen LogP contribution in [0.2, 0.25) is 0 Å². The van der Waals surface area contributed by atoms with Crippen molar-refractivity contribution >= 4 is 5.69 Å². The molecule has 0 unspecified atom stereocenters. The normalized spacial score (nSPS) is 12.1. The van der Waals surface area contributed by atoms with Crippen LogP contribution in [0.25, 0.3) is 0 Å². The maximum absolute atomic E-state index is 12.8. The van der Waals surface area contributed by atoms with Crippen LogP contribution >= 0.6 is 0 Å². The molecule has 17 heavy (non-hydrogen) atoms. The van der Waals surface area contributed by atoms with E-state index in [4.69, 9.17) is 4.42 Å². The minimum atomic E-state index is -0.242. The zero-order valence-electron chi connectivity index (χ0n) is 9.40. The summed E-state index contributed by atoms with van der Waals surface area (Å²) in [4.78, 5) is 0. The summed E-state index contributed by atoms with van der Waals surface area (Å²) in [6, 6.07) is 10.0. The molecular formula is C14H14FNO. The van der Waals surface area contributed by atoms with Gasteiger partial charge in [-0.2, -0.15) is 0 Å². The molecule has 0 aliphatic rings. The maximum Gasteiger partial charge on any atom is 0.126 e. The van der Waals surface area contributed by atoms with Crippen LogP contribution in [0, 0.1) is 5.82 Å². The Morgan fingerprint density at radius 2 is 2.06 bits per heavy atom. The van der Waals surface area contributed by atoms with Crippen LogP contribution in [0.15, 0.2) is 59.7 Å². The van der Waals surface area contributed by atoms with Crippen LogP contribution in [-0.4, -0.2) is 0 Å². The van der Waals surface area contributed by atoms with Crippen molar-refractivity contribution < 1.29 is 8.81 Å². The third-order valence-electron chi connectivity index (χ3n) is 2.47. The highest BCUT2D eigenvalue weighted by molar-refractivity contribution is 5.44. The fourth-order valence-electron chi connectivity index (χ4n) is 1.65. The van der Waals surface area contributed by atoms with E-state index < -0.39 is 0 Å². The maximum atomic E-state index is 12.8. The van der Waals surface area contributed by atoms with E-state index in [1.807, 2.05) is 18.2 Å². The summed E-state index contributed by atoms with van der Waals surface area (Å²) in [6.07, 6.45) is 4.20. The number of anilines is 1. The van der Waals surface area contributed by atoms with Gasteiger partial charge in [-0.1, -0.05) is 6.08 Å². The van der Waals surface area contributed by atoms with Gasteiger partial charge in [0.15, 0.2) is 0 Å². The monoisotopic (exact) mass is 231 g/mol. The quantitative estimate of drug-likeness (QED) is 0.782. The Morgan fingerprint density at radius 1 is 1.29 bits per heavy atom. The Morgan fingerprint density at radius 3 is 2.65 bits per heavy atom. The first kappa shape index (κ1) is 11.5. The first-order chi connectivity index (χ1) is 8.29. The molecule has 0 saturated heterocycles. The zero-order valence-corrected chi connectivity index (χ0v) is 9.40. The predicted molar refractivity (Wildman–Crippen MR) is 66.3 cm³/mol. The second kappa shape index (κ2) is 5.34. The molecule has 1 aromatic heterocycles. The molecule has 0 fully saturated rings. The van der Waals surface area contributed by atoms with Gasteiger partial charge in [-0.15, -0.1) is 6.58 Å². The number of hydrogen-bond donors (Lipinski definition) is 1. The molecule has 1 aromatic carbocycles. The average molecular weight is 231 g/mol. The largest absolute Gasteiger partial charge is 0.467 e. The van der Waals surface area contributed by atoms with E-state index in [9.17, 15) is 4.39 Å². The standard InChI is InChI=1S/C14H14FNO/c1-2-4-13(14-5-3-10-17-14)16-12-8-6-11(15)7-9-12/h2-3,5-10,13,16H,1,4H2/t13-/m1/s1. The Balaban J connectivity index is 2.13. The van der Waals surface area contributed by atoms with E-state index in [0.717, 1.165) is 17.9 Å². The summed E-state index contributed by atoms with van der Waals surface area (Å²) >= 11 is 0. The summed E-state index contributed by atoms with van der Waals surface area (Å²) in [5, 5.41) is 3.28. The van der Waals surface area contributed by atoms with Crippen LogP contribution in [0.5, 0.6) is 0 Å². The van der Waals surface area contributed by atoms with Crippen LogP contribution < -0.4 is 5.32 Å². The molecule has 88 valence electrons. The number of rotatable bonds is 5. The molecule has 0 aliphatic heterocycles. The molecule has 0 amide bonds. The lowest BCUT2D eigenvalue weighted by Crippen LogP contribution is -2.08. The minimum Gasteiger partial charge on any atom is -0.467 e. The van der Waals surface area contributed by atoms with Crippen LogP contribution in [0.4, 0.5) is 10.1 Å². The van der Waals surface area contributed by atoms with Crippen molar-refractivity contribution in [1.29, 1.82) is 0 Å². The van der Waals surface area contributed by atoms with Gasteiger partial charge in [-0.3, -0.25) is 0 Å². The first-order valence-corrected chi connectivity index (χ1v) is 5.46. The molecule has 0 aliphatic carbocycles. The first-order valence-electron chi connectivity index (χ1n) is 5.46. The van der Waals surface area contributed by atoms with Gasteiger partial charge in [0.1, 0.15) is 11.6 Å². The van der Waals surface area contributed by atoms with Crippen molar-refractivity contribution in [1.82, 2.24) is 0 Å². The van der Waals surface area contributed by atoms with Gasteiger partial charge >= 0.3 is 0 Å². The molecule has 3 heteroatoms. The van der Waals surface area contributed by atoms with Crippen LogP contribution in [0.3, 0.4) is 0 Å². The van der Waals surface area contributed by atoms with Crippen molar-refractivity contribution in [2.24, 2.45) is 0 Å².